The van der Waals surface area contributed by atoms with Crippen molar-refractivity contribution in [1.82, 2.24) is 9.78 Å². The molecule has 0 aliphatic heterocycles. The summed E-state index contributed by atoms with van der Waals surface area (Å²) in [6.07, 6.45) is 2.05. The standard InChI is InChI=1S/C24H34N4O4/c1-5-31-11-12-32-10-6-9-26-19-13-17(7-8-18(19)23(25)30)28-20-14-24(3,4)15-21(29)22(20)16(2)27-28/h7-8,13,26H,5-6,9-12,14-15H2,1-4H3,(H2,25,30). The number of nitrogens with one attached hydrogen (secondary N) is 1. The summed E-state index contributed by atoms with van der Waals surface area (Å²) < 4.78 is 12.6. The van der Waals surface area contributed by atoms with Gasteiger partial charge >= 0.3 is 0 Å². The number of nitrogens with zero attached hydrogens (tertiary/aromatic N) is 2. The van der Waals surface area contributed by atoms with E-state index >= 15 is 0 Å². The van der Waals surface area contributed by atoms with Crippen LogP contribution >= 0.6 is 0 Å². The third-order valence-electron chi connectivity index (χ3n) is 5.59. The number of benzene rings is 1. The highest BCUT2D eigenvalue weighted by Crippen LogP contribution is 2.37. The number of hydrogen-bond acceptors (Lipinski definition) is 6. The molecule has 8 heteroatoms. The number of anilines is 1. The molecule has 0 fully saturated rings. The Labute approximate surface area is 189 Å². The summed E-state index contributed by atoms with van der Waals surface area (Å²) in [5, 5.41) is 7.96. The fraction of sp³-hybridized carbons (Fsp3) is 0.542. The van der Waals surface area contributed by atoms with Crippen LogP contribution in [0.3, 0.4) is 0 Å². The molecule has 1 aliphatic rings. The molecule has 3 rings (SSSR count). The van der Waals surface area contributed by atoms with E-state index in [1.807, 2.05) is 30.7 Å². The van der Waals surface area contributed by atoms with Crippen molar-refractivity contribution in [3.8, 4) is 5.69 Å². The van der Waals surface area contributed by atoms with Gasteiger partial charge in [-0.05, 0) is 50.3 Å². The lowest BCUT2D eigenvalue weighted by molar-refractivity contribution is 0.0528. The maximum absolute atomic E-state index is 12.7. The molecule has 1 aromatic carbocycles. The van der Waals surface area contributed by atoms with Crippen LogP contribution in [0, 0.1) is 12.3 Å². The number of aryl methyl sites for hydroxylation is 1. The van der Waals surface area contributed by atoms with Crippen molar-refractivity contribution in [2.75, 3.05) is 38.3 Å². The molecule has 2 aromatic rings. The molecule has 0 spiro atoms. The first-order valence-corrected chi connectivity index (χ1v) is 11.2. The second-order valence-electron chi connectivity index (χ2n) is 8.94. The molecular formula is C24H34N4O4. The minimum Gasteiger partial charge on any atom is -0.384 e. The number of ketones is 1. The Balaban J connectivity index is 1.78. The summed E-state index contributed by atoms with van der Waals surface area (Å²) in [4.78, 5) is 24.7. The molecule has 32 heavy (non-hydrogen) atoms. The fourth-order valence-corrected chi connectivity index (χ4v) is 4.14. The fourth-order valence-electron chi connectivity index (χ4n) is 4.14. The average molecular weight is 443 g/mol. The Morgan fingerprint density at radius 1 is 1.22 bits per heavy atom. The number of fused-ring (bicyclic) bond motifs is 1. The first-order chi connectivity index (χ1) is 15.2. The monoisotopic (exact) mass is 442 g/mol. The quantitative estimate of drug-likeness (QED) is 0.517. The Kier molecular flexibility index (Phi) is 7.69. The van der Waals surface area contributed by atoms with E-state index in [1.165, 1.54) is 0 Å². The van der Waals surface area contributed by atoms with Crippen LogP contribution in [0.5, 0.6) is 0 Å². The topological polar surface area (TPSA) is 108 Å². The molecule has 0 saturated carbocycles. The van der Waals surface area contributed by atoms with Crippen molar-refractivity contribution in [3.63, 3.8) is 0 Å². The van der Waals surface area contributed by atoms with Gasteiger partial charge in [0.25, 0.3) is 5.91 Å². The van der Waals surface area contributed by atoms with Gasteiger partial charge in [0.15, 0.2) is 5.78 Å². The zero-order valence-electron chi connectivity index (χ0n) is 19.5. The highest BCUT2D eigenvalue weighted by molar-refractivity contribution is 6.00. The van der Waals surface area contributed by atoms with Gasteiger partial charge in [-0.15, -0.1) is 0 Å². The Morgan fingerprint density at radius 3 is 2.69 bits per heavy atom. The Bertz CT molecular complexity index is 981. The maximum atomic E-state index is 12.7. The molecular weight excluding hydrogens is 408 g/mol. The van der Waals surface area contributed by atoms with Gasteiger partial charge in [0.05, 0.1) is 41.4 Å². The van der Waals surface area contributed by atoms with Gasteiger partial charge in [-0.2, -0.15) is 5.10 Å². The van der Waals surface area contributed by atoms with E-state index in [2.05, 4.69) is 24.3 Å². The largest absolute Gasteiger partial charge is 0.384 e. The predicted octanol–water partition coefficient (Wildman–Crippen LogP) is 3.29. The summed E-state index contributed by atoms with van der Waals surface area (Å²) in [7, 11) is 0. The molecule has 0 bridgehead atoms. The molecule has 3 N–H and O–H groups in total. The molecule has 1 amide bonds. The summed E-state index contributed by atoms with van der Waals surface area (Å²) in [6.45, 7) is 11.1. The highest BCUT2D eigenvalue weighted by Gasteiger charge is 2.35. The van der Waals surface area contributed by atoms with Crippen molar-refractivity contribution in [2.24, 2.45) is 11.1 Å². The SMILES string of the molecule is CCOCCOCCCNc1cc(-n2nc(C)c3c2CC(C)(C)CC3=O)ccc1C(N)=O. The van der Waals surface area contributed by atoms with Gasteiger partial charge < -0.3 is 20.5 Å². The third kappa shape index (κ3) is 5.55. The number of Topliss-reactive ketones (excluding diaryl/α,β-unsaturated/α-hetero) is 1. The number of ether oxygens (including phenoxy) is 2. The first-order valence-electron chi connectivity index (χ1n) is 11.2. The number of hydrogen-bond donors (Lipinski definition) is 2. The molecule has 1 aromatic heterocycles. The van der Waals surface area contributed by atoms with Crippen molar-refractivity contribution in [2.45, 2.75) is 47.0 Å². The Hall–Kier alpha value is -2.71. The summed E-state index contributed by atoms with van der Waals surface area (Å²) in [5.74, 6) is -0.363. The van der Waals surface area contributed by atoms with Crippen molar-refractivity contribution < 1.29 is 19.1 Å². The van der Waals surface area contributed by atoms with Crippen molar-refractivity contribution >= 4 is 17.4 Å². The van der Waals surface area contributed by atoms with Crippen molar-refractivity contribution in [1.29, 1.82) is 0 Å². The first kappa shape index (κ1) is 23.9. The van der Waals surface area contributed by atoms with Gasteiger partial charge in [-0.1, -0.05) is 13.8 Å². The van der Waals surface area contributed by atoms with Crippen LogP contribution in [0.1, 0.15) is 65.7 Å². The number of carbonyl (C=O) groups excluding carboxylic acids is 2. The van der Waals surface area contributed by atoms with Gasteiger partial charge in [0.1, 0.15) is 0 Å². The second kappa shape index (κ2) is 10.3. The van der Waals surface area contributed by atoms with E-state index in [9.17, 15) is 9.59 Å². The normalized spacial score (nSPS) is 14.9. The third-order valence-corrected chi connectivity index (χ3v) is 5.59. The van der Waals surface area contributed by atoms with Crippen molar-refractivity contribution in [3.05, 3.63) is 40.7 Å². The van der Waals surface area contributed by atoms with Crippen LogP contribution in [-0.4, -0.2) is 54.4 Å². The minimum absolute atomic E-state index is 0.120. The molecule has 1 heterocycles. The van der Waals surface area contributed by atoms with Crippen LogP contribution in [0.25, 0.3) is 5.69 Å². The van der Waals surface area contributed by atoms with Gasteiger partial charge in [0.2, 0.25) is 0 Å². The lowest BCUT2D eigenvalue weighted by atomic mass is 9.75. The number of aromatic nitrogens is 2. The van der Waals surface area contributed by atoms with E-state index in [4.69, 9.17) is 15.2 Å². The number of carbonyl (C=O) groups is 2. The predicted molar refractivity (Wildman–Crippen MR) is 124 cm³/mol. The number of amides is 1. The van der Waals surface area contributed by atoms with Crippen LogP contribution < -0.4 is 11.1 Å². The van der Waals surface area contributed by atoms with E-state index in [0.717, 1.165) is 35.5 Å². The van der Waals surface area contributed by atoms with Gasteiger partial charge in [-0.25, -0.2) is 4.68 Å². The summed E-state index contributed by atoms with van der Waals surface area (Å²) in [6, 6.07) is 5.40. The number of primary amides is 1. The Morgan fingerprint density at radius 2 is 1.97 bits per heavy atom. The summed E-state index contributed by atoms with van der Waals surface area (Å²) >= 11 is 0. The molecule has 174 valence electrons. The number of rotatable bonds is 11. The lowest BCUT2D eigenvalue weighted by Gasteiger charge is -2.29. The van der Waals surface area contributed by atoms with Crippen LogP contribution in [0.2, 0.25) is 0 Å². The summed E-state index contributed by atoms with van der Waals surface area (Å²) in [5.41, 5.74) is 9.70. The smallest absolute Gasteiger partial charge is 0.250 e. The molecule has 8 nitrogen and oxygen atoms in total. The lowest BCUT2D eigenvalue weighted by Crippen LogP contribution is -2.28. The zero-order valence-corrected chi connectivity index (χ0v) is 19.5. The van der Waals surface area contributed by atoms with Crippen LogP contribution in [-0.2, 0) is 15.9 Å². The molecule has 0 saturated heterocycles. The average Bonchev–Trinajstić information content (AvgIpc) is 3.04. The highest BCUT2D eigenvalue weighted by atomic mass is 16.5. The van der Waals surface area contributed by atoms with Gasteiger partial charge in [0, 0.05) is 31.9 Å². The van der Waals surface area contributed by atoms with Gasteiger partial charge in [-0.3, -0.25) is 9.59 Å². The molecule has 1 aliphatic carbocycles. The maximum Gasteiger partial charge on any atom is 0.250 e. The van der Waals surface area contributed by atoms with E-state index in [-0.39, 0.29) is 11.2 Å². The molecule has 0 unspecified atom stereocenters. The van der Waals surface area contributed by atoms with Crippen LogP contribution in [0.15, 0.2) is 18.2 Å². The minimum atomic E-state index is -0.498. The molecule has 0 atom stereocenters. The van der Waals surface area contributed by atoms with E-state index in [0.29, 0.717) is 50.6 Å². The van der Waals surface area contributed by atoms with Crippen LogP contribution in [0.4, 0.5) is 5.69 Å². The number of nitrogens with two attached hydrogens (primary N) is 1. The van der Waals surface area contributed by atoms with E-state index in [1.54, 1.807) is 6.07 Å². The zero-order chi connectivity index (χ0) is 23.3. The second-order valence-corrected chi connectivity index (χ2v) is 8.94. The molecule has 0 radical (unpaired) electrons. The van der Waals surface area contributed by atoms with E-state index < -0.39 is 5.91 Å².